The number of likely N-dealkylation sites (tertiary alicyclic amines) is 1. The lowest BCUT2D eigenvalue weighted by Gasteiger charge is -2.34. The molecule has 2 unspecified atom stereocenters. The molecule has 1 aliphatic heterocycles. The van der Waals surface area contributed by atoms with E-state index in [-0.39, 0.29) is 17.8 Å². The van der Waals surface area contributed by atoms with Crippen LogP contribution in [-0.4, -0.2) is 52.2 Å². The van der Waals surface area contributed by atoms with Gasteiger partial charge in [-0.1, -0.05) is 13.8 Å². The van der Waals surface area contributed by atoms with Crippen LogP contribution in [0.1, 0.15) is 36.7 Å². The summed E-state index contributed by atoms with van der Waals surface area (Å²) >= 11 is 0. The molecule has 6 nitrogen and oxygen atoms in total. The van der Waals surface area contributed by atoms with Crippen molar-refractivity contribution in [3.05, 3.63) is 11.6 Å². The molecule has 2 atom stereocenters. The van der Waals surface area contributed by atoms with E-state index in [0.29, 0.717) is 5.92 Å². The maximum absolute atomic E-state index is 12.0. The van der Waals surface area contributed by atoms with Crippen LogP contribution < -0.4 is 5.32 Å². The van der Waals surface area contributed by atoms with Crippen LogP contribution in [0.2, 0.25) is 0 Å². The fraction of sp³-hybridized carbons (Fsp3) is 0.750. The third-order valence-electron chi connectivity index (χ3n) is 3.49. The van der Waals surface area contributed by atoms with E-state index in [1.807, 2.05) is 6.92 Å². The molecule has 0 saturated carbocycles. The van der Waals surface area contributed by atoms with E-state index >= 15 is 0 Å². The quantitative estimate of drug-likeness (QED) is 0.817. The minimum absolute atomic E-state index is 0.174. The van der Waals surface area contributed by atoms with Crippen molar-refractivity contribution in [2.75, 3.05) is 20.1 Å². The van der Waals surface area contributed by atoms with Gasteiger partial charge < -0.3 is 10.2 Å². The molecule has 0 bridgehead atoms. The first-order chi connectivity index (χ1) is 8.60. The Morgan fingerprint density at radius 3 is 3.00 bits per heavy atom. The Balaban J connectivity index is 1.94. The van der Waals surface area contributed by atoms with Gasteiger partial charge in [0, 0.05) is 19.0 Å². The average molecular weight is 251 g/mol. The van der Waals surface area contributed by atoms with Crippen LogP contribution >= 0.6 is 0 Å². The molecule has 1 aliphatic rings. The Hall–Kier alpha value is -1.43. The molecule has 2 rings (SSSR count). The van der Waals surface area contributed by atoms with E-state index in [1.54, 1.807) is 0 Å². The zero-order chi connectivity index (χ0) is 13.1. The summed E-state index contributed by atoms with van der Waals surface area (Å²) in [6, 6.07) is 0.220. The number of nitrogens with one attached hydrogen (secondary N) is 2. The fourth-order valence-corrected chi connectivity index (χ4v) is 2.36. The van der Waals surface area contributed by atoms with Crippen molar-refractivity contribution in [3.8, 4) is 0 Å². The molecule has 18 heavy (non-hydrogen) atoms. The van der Waals surface area contributed by atoms with Crippen LogP contribution in [-0.2, 0) is 6.42 Å². The van der Waals surface area contributed by atoms with E-state index in [9.17, 15) is 4.79 Å². The van der Waals surface area contributed by atoms with E-state index in [2.05, 4.69) is 39.4 Å². The molecule has 2 heterocycles. The van der Waals surface area contributed by atoms with E-state index in [4.69, 9.17) is 0 Å². The third-order valence-corrected chi connectivity index (χ3v) is 3.49. The molecule has 1 aromatic rings. The van der Waals surface area contributed by atoms with Crippen LogP contribution in [0.4, 0.5) is 0 Å². The minimum atomic E-state index is -0.174. The van der Waals surface area contributed by atoms with Crippen LogP contribution in [0.25, 0.3) is 0 Å². The van der Waals surface area contributed by atoms with Gasteiger partial charge in [0.1, 0.15) is 5.82 Å². The summed E-state index contributed by atoms with van der Waals surface area (Å²) in [6.45, 7) is 6.17. The summed E-state index contributed by atoms with van der Waals surface area (Å²) in [7, 11) is 2.11. The Morgan fingerprint density at radius 1 is 1.61 bits per heavy atom. The number of aromatic amines is 1. The average Bonchev–Trinajstić information content (AvgIpc) is 2.81. The van der Waals surface area contributed by atoms with Gasteiger partial charge in [0.15, 0.2) is 0 Å². The van der Waals surface area contributed by atoms with E-state index in [0.717, 1.165) is 31.8 Å². The van der Waals surface area contributed by atoms with Gasteiger partial charge in [0.05, 0.1) is 0 Å². The number of H-pyrrole nitrogens is 1. The highest BCUT2D eigenvalue weighted by Crippen LogP contribution is 2.15. The van der Waals surface area contributed by atoms with Gasteiger partial charge in [-0.15, -0.1) is 5.10 Å². The predicted molar refractivity (Wildman–Crippen MR) is 68.3 cm³/mol. The molecule has 6 heteroatoms. The molecular formula is C12H21N5O. The number of aromatic nitrogens is 3. The molecule has 1 aromatic heterocycles. The maximum atomic E-state index is 12.0. The lowest BCUT2D eigenvalue weighted by Crippen LogP contribution is -2.49. The molecule has 0 aromatic carbocycles. The summed E-state index contributed by atoms with van der Waals surface area (Å²) in [6.07, 6.45) is 1.74. The predicted octanol–water partition coefficient (Wildman–Crippen LogP) is 0.437. The lowest BCUT2D eigenvalue weighted by molar-refractivity contribution is 0.0873. The number of aryl methyl sites for hydroxylation is 1. The van der Waals surface area contributed by atoms with Gasteiger partial charge in [-0.3, -0.25) is 9.89 Å². The molecular weight excluding hydrogens is 230 g/mol. The molecule has 1 fully saturated rings. The lowest BCUT2D eigenvalue weighted by atomic mass is 9.94. The third kappa shape index (κ3) is 2.87. The molecule has 0 spiro atoms. The van der Waals surface area contributed by atoms with Crippen LogP contribution in [0.15, 0.2) is 0 Å². The highest BCUT2D eigenvalue weighted by atomic mass is 16.2. The van der Waals surface area contributed by atoms with E-state index in [1.165, 1.54) is 0 Å². The summed E-state index contributed by atoms with van der Waals surface area (Å²) in [5.41, 5.74) is 0. The van der Waals surface area contributed by atoms with Gasteiger partial charge in [-0.05, 0) is 25.9 Å². The molecule has 2 N–H and O–H groups in total. The number of carbonyl (C=O) groups excluding carboxylic acids is 1. The van der Waals surface area contributed by atoms with Crippen LogP contribution in [0, 0.1) is 5.92 Å². The van der Waals surface area contributed by atoms with Crippen molar-refractivity contribution in [3.63, 3.8) is 0 Å². The highest BCUT2D eigenvalue weighted by Gasteiger charge is 2.26. The zero-order valence-electron chi connectivity index (χ0n) is 11.2. The number of piperidine rings is 1. The first kappa shape index (κ1) is 13.0. The Morgan fingerprint density at radius 2 is 2.39 bits per heavy atom. The molecule has 0 radical (unpaired) electrons. The standard InChI is InChI=1S/C12H21N5O/c1-4-10-14-11(16-15-10)12(18)13-9-5-6-17(3)7-8(9)2/h8-9H,4-7H2,1-3H3,(H,13,18)(H,14,15,16). The van der Waals surface area contributed by atoms with Crippen molar-refractivity contribution in [2.45, 2.75) is 32.7 Å². The van der Waals surface area contributed by atoms with Gasteiger partial charge in [-0.25, -0.2) is 4.98 Å². The maximum Gasteiger partial charge on any atom is 0.291 e. The monoisotopic (exact) mass is 251 g/mol. The highest BCUT2D eigenvalue weighted by molar-refractivity contribution is 5.90. The Labute approximate surface area is 107 Å². The summed E-state index contributed by atoms with van der Waals surface area (Å²) < 4.78 is 0. The smallest absolute Gasteiger partial charge is 0.291 e. The summed E-state index contributed by atoms with van der Waals surface area (Å²) in [5, 5.41) is 9.73. The van der Waals surface area contributed by atoms with Crippen LogP contribution in [0.3, 0.4) is 0 Å². The number of hydrogen-bond acceptors (Lipinski definition) is 4. The normalized spacial score (nSPS) is 25.1. The van der Waals surface area contributed by atoms with Crippen LogP contribution in [0.5, 0.6) is 0 Å². The molecule has 0 aliphatic carbocycles. The van der Waals surface area contributed by atoms with E-state index < -0.39 is 0 Å². The van der Waals surface area contributed by atoms with Gasteiger partial charge in [0.2, 0.25) is 5.82 Å². The number of amides is 1. The fourth-order valence-electron chi connectivity index (χ4n) is 2.36. The summed E-state index contributed by atoms with van der Waals surface area (Å²) in [4.78, 5) is 18.4. The first-order valence-corrected chi connectivity index (χ1v) is 6.50. The van der Waals surface area contributed by atoms with Crippen molar-refractivity contribution in [1.29, 1.82) is 0 Å². The van der Waals surface area contributed by atoms with Crippen molar-refractivity contribution >= 4 is 5.91 Å². The Kier molecular flexibility index (Phi) is 3.96. The number of carbonyl (C=O) groups is 1. The van der Waals surface area contributed by atoms with Gasteiger partial charge in [-0.2, -0.15) is 0 Å². The van der Waals surface area contributed by atoms with Crippen molar-refractivity contribution in [2.24, 2.45) is 5.92 Å². The molecule has 100 valence electrons. The van der Waals surface area contributed by atoms with Crippen molar-refractivity contribution in [1.82, 2.24) is 25.4 Å². The van der Waals surface area contributed by atoms with Gasteiger partial charge >= 0.3 is 0 Å². The SMILES string of the molecule is CCc1nc(C(=O)NC2CCN(C)CC2C)n[nH]1. The number of rotatable bonds is 3. The molecule has 1 amide bonds. The largest absolute Gasteiger partial charge is 0.346 e. The first-order valence-electron chi connectivity index (χ1n) is 6.50. The summed E-state index contributed by atoms with van der Waals surface area (Å²) in [5.74, 6) is 1.28. The van der Waals surface area contributed by atoms with Crippen molar-refractivity contribution < 1.29 is 4.79 Å². The number of hydrogen-bond donors (Lipinski definition) is 2. The van der Waals surface area contributed by atoms with Gasteiger partial charge in [0.25, 0.3) is 5.91 Å². The second-order valence-corrected chi connectivity index (χ2v) is 5.07. The molecule has 1 saturated heterocycles. The Bertz CT molecular complexity index is 416. The second-order valence-electron chi connectivity index (χ2n) is 5.07. The topological polar surface area (TPSA) is 73.9 Å². The second kappa shape index (κ2) is 5.48. The zero-order valence-corrected chi connectivity index (χ0v) is 11.2. The minimum Gasteiger partial charge on any atom is -0.346 e. The number of nitrogens with zero attached hydrogens (tertiary/aromatic N) is 3.